The fourth-order valence-electron chi connectivity index (χ4n) is 4.86. The van der Waals surface area contributed by atoms with Gasteiger partial charge in [-0.05, 0) is 56.5 Å². The van der Waals surface area contributed by atoms with Crippen LogP contribution in [-0.4, -0.2) is 17.7 Å². The van der Waals surface area contributed by atoms with Gasteiger partial charge < -0.3 is 14.5 Å². The Hall–Kier alpha value is -2.79. The first-order valence-electron chi connectivity index (χ1n) is 10.7. The average molecular weight is 438 g/mol. The third-order valence-corrected chi connectivity index (χ3v) is 6.77. The standard InChI is InChI=1S/C25H24ClNO4/c1-14-21-19(30-23(14)24(29)27-17-5-3-4-6-17)11-12-20-22(21)18(28)13-25(2,31-20)15-7-9-16(26)10-8-15/h7-12,17H,3-6,13H2,1-2H3,(H,27,29)/t25-/m0/s1. The summed E-state index contributed by atoms with van der Waals surface area (Å²) in [6, 6.07) is 11.1. The van der Waals surface area contributed by atoms with E-state index in [0.717, 1.165) is 31.2 Å². The van der Waals surface area contributed by atoms with Crippen molar-refractivity contribution in [1.29, 1.82) is 0 Å². The van der Waals surface area contributed by atoms with Gasteiger partial charge in [0, 0.05) is 22.0 Å². The van der Waals surface area contributed by atoms with Crippen molar-refractivity contribution < 1.29 is 18.7 Å². The van der Waals surface area contributed by atoms with E-state index >= 15 is 0 Å². The van der Waals surface area contributed by atoms with E-state index in [2.05, 4.69) is 5.32 Å². The zero-order valence-corrected chi connectivity index (χ0v) is 18.3. The molecular weight excluding hydrogens is 414 g/mol. The minimum atomic E-state index is -0.789. The highest BCUT2D eigenvalue weighted by molar-refractivity contribution is 6.30. The van der Waals surface area contributed by atoms with Crippen molar-refractivity contribution in [1.82, 2.24) is 5.32 Å². The minimum Gasteiger partial charge on any atom is -0.482 e. The van der Waals surface area contributed by atoms with Crippen LogP contribution in [0.3, 0.4) is 0 Å². The van der Waals surface area contributed by atoms with E-state index in [9.17, 15) is 9.59 Å². The third kappa shape index (κ3) is 3.41. The zero-order valence-electron chi connectivity index (χ0n) is 17.6. The summed E-state index contributed by atoms with van der Waals surface area (Å²) < 4.78 is 12.3. The van der Waals surface area contributed by atoms with E-state index in [-0.39, 0.29) is 29.9 Å². The molecule has 5 rings (SSSR count). The van der Waals surface area contributed by atoms with Crippen LogP contribution in [-0.2, 0) is 5.60 Å². The van der Waals surface area contributed by atoms with Crippen molar-refractivity contribution in [3.05, 3.63) is 63.9 Å². The lowest BCUT2D eigenvalue weighted by atomic mass is 9.84. The molecular formula is C25H24ClNO4. The highest BCUT2D eigenvalue weighted by Gasteiger charge is 2.40. The van der Waals surface area contributed by atoms with Crippen molar-refractivity contribution in [3.63, 3.8) is 0 Å². The molecule has 0 saturated heterocycles. The molecule has 31 heavy (non-hydrogen) atoms. The number of aryl methyl sites for hydroxylation is 1. The molecule has 1 fully saturated rings. The molecule has 0 unspecified atom stereocenters. The first-order chi connectivity index (χ1) is 14.9. The molecule has 1 atom stereocenters. The van der Waals surface area contributed by atoms with E-state index in [4.69, 9.17) is 20.8 Å². The van der Waals surface area contributed by atoms with Crippen molar-refractivity contribution in [2.45, 2.75) is 57.6 Å². The summed E-state index contributed by atoms with van der Waals surface area (Å²) in [6.07, 6.45) is 4.45. The van der Waals surface area contributed by atoms with Gasteiger partial charge in [0.1, 0.15) is 16.9 Å². The van der Waals surface area contributed by atoms with Crippen molar-refractivity contribution in [2.75, 3.05) is 0 Å². The maximum absolute atomic E-state index is 13.3. The van der Waals surface area contributed by atoms with E-state index < -0.39 is 5.60 Å². The molecule has 1 saturated carbocycles. The second kappa shape index (κ2) is 7.41. The molecule has 1 aliphatic heterocycles. The molecule has 0 radical (unpaired) electrons. The summed E-state index contributed by atoms with van der Waals surface area (Å²) in [5.41, 5.74) is 1.79. The lowest BCUT2D eigenvalue weighted by molar-refractivity contribution is 0.0507. The van der Waals surface area contributed by atoms with Gasteiger partial charge in [0.05, 0.1) is 12.0 Å². The molecule has 6 heteroatoms. The van der Waals surface area contributed by atoms with Crippen molar-refractivity contribution in [2.24, 2.45) is 0 Å². The predicted molar refractivity (Wildman–Crippen MR) is 119 cm³/mol. The van der Waals surface area contributed by atoms with Crippen LogP contribution in [0.4, 0.5) is 0 Å². The summed E-state index contributed by atoms with van der Waals surface area (Å²) in [6.45, 7) is 3.74. The number of nitrogens with one attached hydrogen (secondary N) is 1. The number of hydrogen-bond donors (Lipinski definition) is 1. The van der Waals surface area contributed by atoms with Crippen LogP contribution in [0.2, 0.25) is 5.02 Å². The molecule has 1 aliphatic carbocycles. The topological polar surface area (TPSA) is 68.5 Å². The van der Waals surface area contributed by atoms with Gasteiger partial charge in [0.15, 0.2) is 11.5 Å². The van der Waals surface area contributed by atoms with Crippen LogP contribution in [0.25, 0.3) is 11.0 Å². The molecule has 1 aromatic heterocycles. The molecule has 1 N–H and O–H groups in total. The summed E-state index contributed by atoms with van der Waals surface area (Å²) in [7, 11) is 0. The maximum Gasteiger partial charge on any atom is 0.287 e. The zero-order chi connectivity index (χ0) is 21.8. The molecule has 160 valence electrons. The minimum absolute atomic E-state index is 0.0315. The maximum atomic E-state index is 13.3. The van der Waals surface area contributed by atoms with Crippen LogP contribution >= 0.6 is 11.6 Å². The molecule has 0 spiro atoms. The van der Waals surface area contributed by atoms with Gasteiger partial charge in [-0.3, -0.25) is 9.59 Å². The number of fused-ring (bicyclic) bond motifs is 3. The number of rotatable bonds is 3. The van der Waals surface area contributed by atoms with Gasteiger partial charge in [-0.25, -0.2) is 0 Å². The summed E-state index contributed by atoms with van der Waals surface area (Å²) in [4.78, 5) is 26.1. The molecule has 2 heterocycles. The Morgan fingerprint density at radius 3 is 2.55 bits per heavy atom. The first-order valence-corrected chi connectivity index (χ1v) is 11.1. The van der Waals surface area contributed by atoms with Crippen LogP contribution in [0, 0.1) is 6.92 Å². The second-order valence-electron chi connectivity index (χ2n) is 8.76. The van der Waals surface area contributed by atoms with Crippen LogP contribution < -0.4 is 10.1 Å². The Morgan fingerprint density at radius 2 is 1.84 bits per heavy atom. The summed E-state index contributed by atoms with van der Waals surface area (Å²) in [5, 5.41) is 4.37. The number of carbonyl (C=O) groups excluding carboxylic acids is 2. The van der Waals surface area contributed by atoms with Gasteiger partial charge in [-0.1, -0.05) is 36.6 Å². The highest BCUT2D eigenvalue weighted by Crippen LogP contribution is 2.44. The van der Waals surface area contributed by atoms with Crippen molar-refractivity contribution in [3.8, 4) is 5.75 Å². The quantitative estimate of drug-likeness (QED) is 0.549. The number of ether oxygens (including phenoxy) is 1. The summed E-state index contributed by atoms with van der Waals surface area (Å²) >= 11 is 6.02. The molecule has 5 nitrogen and oxygen atoms in total. The molecule has 3 aromatic rings. The largest absolute Gasteiger partial charge is 0.482 e. The van der Waals surface area contributed by atoms with E-state index in [1.54, 1.807) is 24.3 Å². The molecule has 0 bridgehead atoms. The molecule has 2 aromatic carbocycles. The average Bonchev–Trinajstić information content (AvgIpc) is 3.36. The lowest BCUT2D eigenvalue weighted by Crippen LogP contribution is -2.36. The smallest absolute Gasteiger partial charge is 0.287 e. The SMILES string of the molecule is Cc1c(C(=O)NC2CCCC2)oc2ccc3c(c12)C(=O)C[C@@](C)(c1ccc(Cl)cc1)O3. The third-order valence-electron chi connectivity index (χ3n) is 6.52. The van der Waals surface area contributed by atoms with Gasteiger partial charge in [-0.2, -0.15) is 0 Å². The number of carbonyl (C=O) groups is 2. The van der Waals surface area contributed by atoms with Crippen LogP contribution in [0.15, 0.2) is 40.8 Å². The number of hydrogen-bond acceptors (Lipinski definition) is 4. The Bertz CT molecular complexity index is 1190. The molecule has 1 amide bonds. The van der Waals surface area contributed by atoms with Gasteiger partial charge in [0.25, 0.3) is 5.91 Å². The Morgan fingerprint density at radius 1 is 1.13 bits per heavy atom. The number of amides is 1. The fourth-order valence-corrected chi connectivity index (χ4v) is 4.98. The highest BCUT2D eigenvalue weighted by atomic mass is 35.5. The number of furan rings is 1. The number of Topliss-reactive ketones (excluding diaryl/α,β-unsaturated/α-hetero) is 1. The number of halogens is 1. The van der Waals surface area contributed by atoms with E-state index in [1.807, 2.05) is 26.0 Å². The molecule has 2 aliphatic rings. The van der Waals surface area contributed by atoms with Gasteiger partial charge in [0.2, 0.25) is 0 Å². The Labute approximate surface area is 185 Å². The normalized spacial score (nSPS) is 21.2. The fraction of sp³-hybridized carbons (Fsp3) is 0.360. The van der Waals surface area contributed by atoms with E-state index in [0.29, 0.717) is 32.9 Å². The first kappa shape index (κ1) is 20.1. The number of benzene rings is 2. The monoisotopic (exact) mass is 437 g/mol. The van der Waals surface area contributed by atoms with Gasteiger partial charge >= 0.3 is 0 Å². The summed E-state index contributed by atoms with van der Waals surface area (Å²) in [5.74, 6) is 0.530. The van der Waals surface area contributed by atoms with E-state index in [1.165, 1.54) is 0 Å². The van der Waals surface area contributed by atoms with Crippen LogP contribution in [0.5, 0.6) is 5.75 Å². The van der Waals surface area contributed by atoms with Crippen molar-refractivity contribution >= 4 is 34.3 Å². The Kier molecular flexibility index (Phi) is 4.82. The number of ketones is 1. The lowest BCUT2D eigenvalue weighted by Gasteiger charge is -2.35. The predicted octanol–water partition coefficient (Wildman–Crippen LogP) is 5.95. The second-order valence-corrected chi connectivity index (χ2v) is 9.20. The van der Waals surface area contributed by atoms with Gasteiger partial charge in [-0.15, -0.1) is 0 Å². The van der Waals surface area contributed by atoms with Crippen LogP contribution in [0.1, 0.15) is 71.1 Å². The Balaban J connectivity index is 1.53.